The minimum atomic E-state index is -0.650. The van der Waals surface area contributed by atoms with E-state index in [1.807, 2.05) is 18.2 Å². The Morgan fingerprint density at radius 3 is 2.63 bits per heavy atom. The molecule has 1 N–H and O–H groups in total. The molecule has 1 saturated carbocycles. The third-order valence-corrected chi connectivity index (χ3v) is 6.44. The van der Waals surface area contributed by atoms with Gasteiger partial charge in [-0.1, -0.05) is 18.2 Å². The molecule has 1 aromatic carbocycles. The summed E-state index contributed by atoms with van der Waals surface area (Å²) >= 11 is 0. The third kappa shape index (κ3) is 3.58. The van der Waals surface area contributed by atoms with Gasteiger partial charge >= 0.3 is 0 Å². The van der Waals surface area contributed by atoms with Gasteiger partial charge in [0.2, 0.25) is 11.8 Å². The lowest BCUT2D eigenvalue weighted by Gasteiger charge is -2.35. The highest BCUT2D eigenvalue weighted by molar-refractivity contribution is 6.05. The molecule has 4 aliphatic rings. The van der Waals surface area contributed by atoms with E-state index < -0.39 is 6.04 Å². The van der Waals surface area contributed by atoms with Crippen molar-refractivity contribution < 1.29 is 23.9 Å². The highest BCUT2D eigenvalue weighted by Crippen LogP contribution is 2.41. The number of hydrogen-bond acceptors (Lipinski definition) is 5. The number of ether oxygens (including phenoxy) is 2. The number of nitrogens with zero attached hydrogens (tertiary/aromatic N) is 2. The van der Waals surface area contributed by atoms with E-state index in [2.05, 4.69) is 5.32 Å². The van der Waals surface area contributed by atoms with Crippen LogP contribution < -0.4 is 5.32 Å². The van der Waals surface area contributed by atoms with Crippen LogP contribution in [0.4, 0.5) is 0 Å². The van der Waals surface area contributed by atoms with Gasteiger partial charge in [0.1, 0.15) is 6.04 Å². The topological polar surface area (TPSA) is 88.2 Å². The van der Waals surface area contributed by atoms with Crippen LogP contribution in [0.25, 0.3) is 0 Å². The van der Waals surface area contributed by atoms with Crippen LogP contribution in [-0.2, 0) is 19.1 Å². The Labute approximate surface area is 175 Å². The molecule has 160 valence electrons. The average molecular weight is 413 g/mol. The highest BCUT2D eigenvalue weighted by atomic mass is 16.7. The van der Waals surface area contributed by atoms with Crippen molar-refractivity contribution in [3.63, 3.8) is 0 Å². The number of piperidine rings is 1. The largest absolute Gasteiger partial charge is 0.350 e. The standard InChI is InChI=1S/C22H27N3O5/c26-18(24-9-3-4-14(13-24)22-29-10-11-30-22)12-23-20(27)19-16-5-1-2-6-17(16)21(28)25(19)15-7-8-15/h1-2,5-6,14-15,19,22H,3-4,7-13H2,(H,23,27). The number of benzene rings is 1. The van der Waals surface area contributed by atoms with Gasteiger partial charge in [-0.2, -0.15) is 0 Å². The van der Waals surface area contributed by atoms with Crippen molar-refractivity contribution in [2.45, 2.75) is 44.1 Å². The van der Waals surface area contributed by atoms with Crippen molar-refractivity contribution >= 4 is 17.7 Å². The molecular weight excluding hydrogens is 386 g/mol. The molecule has 2 unspecified atom stereocenters. The van der Waals surface area contributed by atoms with Gasteiger partial charge in [0, 0.05) is 30.6 Å². The zero-order valence-corrected chi connectivity index (χ0v) is 16.9. The van der Waals surface area contributed by atoms with Crippen LogP contribution in [0.3, 0.4) is 0 Å². The van der Waals surface area contributed by atoms with Gasteiger partial charge in [-0.3, -0.25) is 14.4 Å². The van der Waals surface area contributed by atoms with Crippen molar-refractivity contribution in [1.82, 2.24) is 15.1 Å². The minimum absolute atomic E-state index is 0.0662. The second-order valence-electron chi connectivity index (χ2n) is 8.50. The third-order valence-electron chi connectivity index (χ3n) is 6.44. The van der Waals surface area contributed by atoms with Crippen molar-refractivity contribution in [1.29, 1.82) is 0 Å². The molecule has 8 heteroatoms. The summed E-state index contributed by atoms with van der Waals surface area (Å²) in [5.41, 5.74) is 1.32. The summed E-state index contributed by atoms with van der Waals surface area (Å²) < 4.78 is 11.2. The van der Waals surface area contributed by atoms with E-state index in [0.717, 1.165) is 31.2 Å². The van der Waals surface area contributed by atoms with Crippen LogP contribution in [0.5, 0.6) is 0 Å². The van der Waals surface area contributed by atoms with Crippen LogP contribution in [0.15, 0.2) is 24.3 Å². The van der Waals surface area contributed by atoms with Crippen LogP contribution in [-0.4, -0.2) is 72.7 Å². The number of rotatable bonds is 5. The van der Waals surface area contributed by atoms with Crippen LogP contribution in [0.2, 0.25) is 0 Å². The SMILES string of the molecule is O=C(NCC(=O)N1CCCC(C2OCCO2)C1)C1c2ccccc2C(=O)N1C1CC1. The zero-order chi connectivity index (χ0) is 20.7. The molecule has 2 saturated heterocycles. The molecule has 3 amide bonds. The molecule has 0 radical (unpaired) electrons. The molecule has 0 spiro atoms. The van der Waals surface area contributed by atoms with E-state index in [0.29, 0.717) is 31.9 Å². The van der Waals surface area contributed by atoms with E-state index in [9.17, 15) is 14.4 Å². The first-order valence-corrected chi connectivity index (χ1v) is 10.8. The van der Waals surface area contributed by atoms with E-state index in [4.69, 9.17) is 9.47 Å². The number of nitrogens with one attached hydrogen (secondary N) is 1. The summed E-state index contributed by atoms with van der Waals surface area (Å²) in [5.74, 6) is -0.313. The summed E-state index contributed by atoms with van der Waals surface area (Å²) in [6, 6.07) is 6.73. The molecule has 3 fully saturated rings. The fourth-order valence-corrected chi connectivity index (χ4v) is 4.81. The van der Waals surface area contributed by atoms with Gasteiger partial charge in [-0.05, 0) is 37.3 Å². The lowest BCUT2D eigenvalue weighted by molar-refractivity contribution is -0.140. The van der Waals surface area contributed by atoms with Crippen molar-refractivity contribution in [2.24, 2.45) is 5.92 Å². The van der Waals surface area contributed by atoms with Gasteiger partial charge in [-0.25, -0.2) is 0 Å². The minimum Gasteiger partial charge on any atom is -0.350 e. The lowest BCUT2D eigenvalue weighted by atomic mass is 9.97. The number of carbonyl (C=O) groups excluding carboxylic acids is 3. The highest BCUT2D eigenvalue weighted by Gasteiger charge is 2.47. The lowest BCUT2D eigenvalue weighted by Crippen LogP contribution is -2.49. The second kappa shape index (κ2) is 8.00. The van der Waals surface area contributed by atoms with Crippen LogP contribution in [0, 0.1) is 5.92 Å². The summed E-state index contributed by atoms with van der Waals surface area (Å²) in [5, 5.41) is 2.79. The second-order valence-corrected chi connectivity index (χ2v) is 8.50. The molecule has 5 rings (SSSR count). The summed E-state index contributed by atoms with van der Waals surface area (Å²) in [6.45, 7) is 2.40. The number of hydrogen-bond donors (Lipinski definition) is 1. The number of carbonyl (C=O) groups is 3. The van der Waals surface area contributed by atoms with Gasteiger partial charge in [0.25, 0.3) is 5.91 Å². The van der Waals surface area contributed by atoms with E-state index in [-0.39, 0.29) is 42.5 Å². The molecule has 1 aromatic rings. The van der Waals surface area contributed by atoms with E-state index in [1.165, 1.54) is 0 Å². The van der Waals surface area contributed by atoms with Gasteiger partial charge < -0.3 is 24.6 Å². The molecule has 0 aromatic heterocycles. The summed E-state index contributed by atoms with van der Waals surface area (Å²) in [6.07, 6.45) is 3.47. The molecule has 2 atom stereocenters. The Morgan fingerprint density at radius 1 is 1.10 bits per heavy atom. The normalized spacial score (nSPS) is 26.7. The van der Waals surface area contributed by atoms with Crippen molar-refractivity contribution in [2.75, 3.05) is 32.8 Å². The van der Waals surface area contributed by atoms with Crippen LogP contribution >= 0.6 is 0 Å². The number of fused-ring (bicyclic) bond motifs is 1. The van der Waals surface area contributed by atoms with E-state index >= 15 is 0 Å². The molecule has 1 aliphatic carbocycles. The Kier molecular flexibility index (Phi) is 5.20. The Morgan fingerprint density at radius 2 is 1.87 bits per heavy atom. The Bertz CT molecular complexity index is 849. The monoisotopic (exact) mass is 413 g/mol. The number of amides is 3. The first-order chi connectivity index (χ1) is 14.6. The molecule has 0 bridgehead atoms. The summed E-state index contributed by atoms with van der Waals surface area (Å²) in [7, 11) is 0. The maximum absolute atomic E-state index is 13.0. The fraction of sp³-hybridized carbons (Fsp3) is 0.591. The molecule has 3 aliphatic heterocycles. The van der Waals surface area contributed by atoms with Gasteiger partial charge in [-0.15, -0.1) is 0 Å². The Hall–Kier alpha value is -2.45. The van der Waals surface area contributed by atoms with Crippen molar-refractivity contribution in [3.8, 4) is 0 Å². The predicted octanol–water partition coefficient (Wildman–Crippen LogP) is 1.07. The van der Waals surface area contributed by atoms with Crippen LogP contribution in [0.1, 0.15) is 47.6 Å². The maximum Gasteiger partial charge on any atom is 0.255 e. The van der Waals surface area contributed by atoms with Crippen molar-refractivity contribution in [3.05, 3.63) is 35.4 Å². The quantitative estimate of drug-likeness (QED) is 0.780. The maximum atomic E-state index is 13.0. The number of likely N-dealkylation sites (tertiary alicyclic amines) is 1. The Balaban J connectivity index is 1.22. The average Bonchev–Trinajstić information content (AvgIpc) is 3.36. The van der Waals surface area contributed by atoms with E-state index in [1.54, 1.807) is 15.9 Å². The predicted molar refractivity (Wildman–Crippen MR) is 106 cm³/mol. The molecule has 30 heavy (non-hydrogen) atoms. The van der Waals surface area contributed by atoms with Gasteiger partial charge in [0.05, 0.1) is 19.8 Å². The molecule has 3 heterocycles. The fourth-order valence-electron chi connectivity index (χ4n) is 4.81. The summed E-state index contributed by atoms with van der Waals surface area (Å²) in [4.78, 5) is 42.1. The smallest absolute Gasteiger partial charge is 0.255 e. The first kappa shape index (κ1) is 19.5. The van der Waals surface area contributed by atoms with Gasteiger partial charge in [0.15, 0.2) is 6.29 Å². The molecular formula is C22H27N3O5. The first-order valence-electron chi connectivity index (χ1n) is 10.8. The molecule has 8 nitrogen and oxygen atoms in total. The zero-order valence-electron chi connectivity index (χ0n) is 16.9.